The van der Waals surface area contributed by atoms with Gasteiger partial charge in [-0.2, -0.15) is 0 Å². The highest BCUT2D eigenvalue weighted by Gasteiger charge is 2.06. The van der Waals surface area contributed by atoms with Crippen LogP contribution in [0.2, 0.25) is 0 Å². The summed E-state index contributed by atoms with van der Waals surface area (Å²) in [4.78, 5) is 5.35. The Bertz CT molecular complexity index is 628. The van der Waals surface area contributed by atoms with Crippen LogP contribution in [-0.2, 0) is 6.54 Å². The molecule has 0 saturated heterocycles. The summed E-state index contributed by atoms with van der Waals surface area (Å²) >= 11 is 1.68. The standard InChI is InChI=1S/C13H12N2OS/c1-16-13-4-2-3-12-11(13)5-6-15(12)8-10-7-14-9-17-10/h2-7,9H,8H2,1H3. The van der Waals surface area contributed by atoms with Gasteiger partial charge in [0, 0.05) is 22.7 Å². The second-order valence-corrected chi connectivity index (χ2v) is 4.78. The second kappa shape index (κ2) is 4.22. The number of hydrogen-bond donors (Lipinski definition) is 0. The molecule has 3 aromatic rings. The minimum atomic E-state index is 0.862. The summed E-state index contributed by atoms with van der Waals surface area (Å²) in [5, 5.41) is 1.15. The maximum Gasteiger partial charge on any atom is 0.128 e. The van der Waals surface area contributed by atoms with E-state index < -0.39 is 0 Å². The molecular formula is C13H12N2OS. The third kappa shape index (κ3) is 1.80. The molecule has 4 heteroatoms. The van der Waals surface area contributed by atoms with Crippen LogP contribution in [0.15, 0.2) is 42.2 Å². The highest BCUT2D eigenvalue weighted by molar-refractivity contribution is 7.09. The highest BCUT2D eigenvalue weighted by atomic mass is 32.1. The number of nitrogens with zero attached hydrogens (tertiary/aromatic N) is 2. The van der Waals surface area contributed by atoms with Crippen molar-refractivity contribution in [2.75, 3.05) is 7.11 Å². The molecule has 3 nitrogen and oxygen atoms in total. The van der Waals surface area contributed by atoms with Gasteiger partial charge in [0.25, 0.3) is 0 Å². The first-order chi connectivity index (χ1) is 8.38. The summed E-state index contributed by atoms with van der Waals surface area (Å²) in [7, 11) is 1.70. The van der Waals surface area contributed by atoms with Crippen LogP contribution >= 0.6 is 11.3 Å². The van der Waals surface area contributed by atoms with Gasteiger partial charge in [-0.1, -0.05) is 6.07 Å². The van der Waals surface area contributed by atoms with Crippen LogP contribution in [0.25, 0.3) is 10.9 Å². The summed E-state index contributed by atoms with van der Waals surface area (Å²) in [6, 6.07) is 8.21. The van der Waals surface area contributed by atoms with Gasteiger partial charge in [0.15, 0.2) is 0 Å². The summed E-state index contributed by atoms with van der Waals surface area (Å²) in [6.45, 7) is 0.862. The summed E-state index contributed by atoms with van der Waals surface area (Å²) in [6.07, 6.45) is 4.00. The normalized spacial score (nSPS) is 10.9. The Morgan fingerprint density at radius 1 is 1.35 bits per heavy atom. The number of aromatic nitrogens is 2. The first-order valence-corrected chi connectivity index (χ1v) is 6.25. The number of hydrogen-bond acceptors (Lipinski definition) is 3. The Hall–Kier alpha value is -1.81. The Labute approximate surface area is 103 Å². The van der Waals surface area contributed by atoms with E-state index >= 15 is 0 Å². The molecule has 0 aliphatic carbocycles. The van der Waals surface area contributed by atoms with Crippen molar-refractivity contribution in [3.63, 3.8) is 0 Å². The highest BCUT2D eigenvalue weighted by Crippen LogP contribution is 2.26. The largest absolute Gasteiger partial charge is 0.496 e. The zero-order chi connectivity index (χ0) is 11.7. The first kappa shape index (κ1) is 10.4. The number of benzene rings is 1. The third-order valence-corrected chi connectivity index (χ3v) is 3.57. The first-order valence-electron chi connectivity index (χ1n) is 5.37. The molecular weight excluding hydrogens is 232 g/mol. The van der Waals surface area contributed by atoms with E-state index in [0.29, 0.717) is 0 Å². The van der Waals surface area contributed by atoms with E-state index in [-0.39, 0.29) is 0 Å². The van der Waals surface area contributed by atoms with Gasteiger partial charge in [0.2, 0.25) is 0 Å². The number of methoxy groups -OCH3 is 1. The van der Waals surface area contributed by atoms with E-state index in [0.717, 1.165) is 17.7 Å². The molecule has 2 aromatic heterocycles. The van der Waals surface area contributed by atoms with Gasteiger partial charge in [0.1, 0.15) is 5.75 Å². The molecule has 86 valence electrons. The van der Waals surface area contributed by atoms with Crippen molar-refractivity contribution >= 4 is 22.2 Å². The van der Waals surface area contributed by atoms with E-state index in [9.17, 15) is 0 Å². The van der Waals surface area contributed by atoms with Crippen molar-refractivity contribution in [3.8, 4) is 5.75 Å². The Balaban J connectivity index is 2.06. The van der Waals surface area contributed by atoms with E-state index in [4.69, 9.17) is 4.74 Å². The Kier molecular flexibility index (Phi) is 2.57. The molecule has 1 aromatic carbocycles. The molecule has 0 unspecified atom stereocenters. The summed E-state index contributed by atoms with van der Waals surface area (Å²) < 4.78 is 7.57. The molecule has 0 amide bonds. The molecule has 0 radical (unpaired) electrons. The van der Waals surface area contributed by atoms with Crippen LogP contribution in [0.3, 0.4) is 0 Å². The van der Waals surface area contributed by atoms with Crippen LogP contribution in [0.4, 0.5) is 0 Å². The van der Waals surface area contributed by atoms with Crippen LogP contribution in [0.5, 0.6) is 5.75 Å². The molecule has 17 heavy (non-hydrogen) atoms. The number of rotatable bonds is 3. The number of fused-ring (bicyclic) bond motifs is 1. The minimum Gasteiger partial charge on any atom is -0.496 e. The van der Waals surface area contributed by atoms with E-state index in [1.165, 1.54) is 10.4 Å². The van der Waals surface area contributed by atoms with Crippen LogP contribution < -0.4 is 4.74 Å². The van der Waals surface area contributed by atoms with Crippen LogP contribution in [0, 0.1) is 0 Å². The fraction of sp³-hybridized carbons (Fsp3) is 0.154. The molecule has 0 bridgehead atoms. The maximum atomic E-state index is 5.35. The molecule has 0 N–H and O–H groups in total. The molecule has 0 aliphatic rings. The van der Waals surface area contributed by atoms with Gasteiger partial charge in [0.05, 0.1) is 24.7 Å². The molecule has 0 saturated carbocycles. The fourth-order valence-corrected chi connectivity index (χ4v) is 2.59. The molecule has 2 heterocycles. The zero-order valence-corrected chi connectivity index (χ0v) is 10.3. The van der Waals surface area contributed by atoms with Gasteiger partial charge in [-0.05, 0) is 18.2 Å². The van der Waals surface area contributed by atoms with E-state index in [1.54, 1.807) is 18.4 Å². The SMILES string of the molecule is COc1cccc2c1ccn2Cc1cncs1. The maximum absolute atomic E-state index is 5.35. The number of thiazole rings is 1. The Morgan fingerprint density at radius 2 is 2.29 bits per heavy atom. The van der Waals surface area contributed by atoms with E-state index in [1.807, 2.05) is 23.8 Å². The summed E-state index contributed by atoms with van der Waals surface area (Å²) in [5.41, 5.74) is 3.06. The van der Waals surface area contributed by atoms with Crippen molar-refractivity contribution in [3.05, 3.63) is 47.0 Å². The second-order valence-electron chi connectivity index (χ2n) is 3.80. The lowest BCUT2D eigenvalue weighted by atomic mass is 10.2. The van der Waals surface area contributed by atoms with Crippen molar-refractivity contribution in [1.82, 2.24) is 9.55 Å². The molecule has 0 aliphatic heterocycles. The molecule has 0 atom stereocenters. The monoisotopic (exact) mass is 244 g/mol. The zero-order valence-electron chi connectivity index (χ0n) is 9.46. The fourth-order valence-electron chi connectivity index (χ4n) is 2.00. The average molecular weight is 244 g/mol. The van der Waals surface area contributed by atoms with Gasteiger partial charge in [-0.25, -0.2) is 0 Å². The summed E-state index contributed by atoms with van der Waals surface area (Å²) in [5.74, 6) is 0.922. The molecule has 0 fully saturated rings. The molecule has 3 rings (SSSR count). The quantitative estimate of drug-likeness (QED) is 0.707. The number of ether oxygens (including phenoxy) is 1. The van der Waals surface area contributed by atoms with Gasteiger partial charge >= 0.3 is 0 Å². The van der Waals surface area contributed by atoms with Gasteiger partial charge in [-0.3, -0.25) is 4.98 Å². The van der Waals surface area contributed by atoms with Crippen LogP contribution in [0.1, 0.15) is 4.88 Å². The predicted molar refractivity (Wildman–Crippen MR) is 69.7 cm³/mol. The van der Waals surface area contributed by atoms with Gasteiger partial charge < -0.3 is 9.30 Å². The molecule has 0 spiro atoms. The lowest BCUT2D eigenvalue weighted by Crippen LogP contribution is -1.95. The van der Waals surface area contributed by atoms with Crippen molar-refractivity contribution in [1.29, 1.82) is 0 Å². The third-order valence-electron chi connectivity index (χ3n) is 2.80. The smallest absolute Gasteiger partial charge is 0.128 e. The lowest BCUT2D eigenvalue weighted by Gasteiger charge is -2.05. The van der Waals surface area contributed by atoms with Crippen molar-refractivity contribution in [2.24, 2.45) is 0 Å². The van der Waals surface area contributed by atoms with Gasteiger partial charge in [-0.15, -0.1) is 11.3 Å². The van der Waals surface area contributed by atoms with E-state index in [2.05, 4.69) is 27.9 Å². The average Bonchev–Trinajstić information content (AvgIpc) is 2.99. The predicted octanol–water partition coefficient (Wildman–Crippen LogP) is 3.15. The topological polar surface area (TPSA) is 27.1 Å². The van der Waals surface area contributed by atoms with Crippen LogP contribution in [-0.4, -0.2) is 16.7 Å². The van der Waals surface area contributed by atoms with Crippen molar-refractivity contribution in [2.45, 2.75) is 6.54 Å². The lowest BCUT2D eigenvalue weighted by molar-refractivity contribution is 0.420. The minimum absolute atomic E-state index is 0.862. The van der Waals surface area contributed by atoms with Crippen molar-refractivity contribution < 1.29 is 4.74 Å². The Morgan fingerprint density at radius 3 is 3.06 bits per heavy atom.